The van der Waals surface area contributed by atoms with E-state index >= 15 is 0 Å². The average molecular weight is 202 g/mol. The highest BCUT2D eigenvalue weighted by Gasteiger charge is 2.32. The van der Waals surface area contributed by atoms with Crippen LogP contribution in [0.3, 0.4) is 0 Å². The second-order valence-electron chi connectivity index (χ2n) is 2.96. The van der Waals surface area contributed by atoms with Crippen molar-refractivity contribution < 1.29 is 19.4 Å². The van der Waals surface area contributed by atoms with Crippen LogP contribution >= 0.6 is 0 Å². The van der Waals surface area contributed by atoms with E-state index in [-0.39, 0.29) is 12.6 Å². The highest BCUT2D eigenvalue weighted by molar-refractivity contribution is 5.82. The maximum Gasteiger partial charge on any atom is 0.328 e. The van der Waals surface area contributed by atoms with Gasteiger partial charge < -0.3 is 20.1 Å². The molecule has 6 nitrogen and oxygen atoms in total. The van der Waals surface area contributed by atoms with Crippen LogP contribution in [0, 0.1) is 0 Å². The quantitative estimate of drug-likeness (QED) is 0.632. The van der Waals surface area contributed by atoms with Gasteiger partial charge in [-0.25, -0.2) is 9.59 Å². The van der Waals surface area contributed by atoms with Crippen molar-refractivity contribution in [3.05, 3.63) is 0 Å². The molecule has 1 aliphatic rings. The largest absolute Gasteiger partial charge is 0.480 e. The van der Waals surface area contributed by atoms with E-state index in [0.717, 1.165) is 0 Å². The molecule has 1 atom stereocenters. The van der Waals surface area contributed by atoms with Gasteiger partial charge in [0.05, 0.1) is 13.2 Å². The molecule has 14 heavy (non-hydrogen) atoms. The third-order valence-corrected chi connectivity index (χ3v) is 2.00. The molecule has 1 unspecified atom stereocenters. The van der Waals surface area contributed by atoms with Crippen molar-refractivity contribution in [3.8, 4) is 0 Å². The van der Waals surface area contributed by atoms with Gasteiger partial charge in [-0.15, -0.1) is 0 Å². The van der Waals surface area contributed by atoms with Gasteiger partial charge in [-0.1, -0.05) is 0 Å². The van der Waals surface area contributed by atoms with Crippen molar-refractivity contribution in [3.63, 3.8) is 0 Å². The molecule has 1 aliphatic heterocycles. The van der Waals surface area contributed by atoms with Crippen molar-refractivity contribution in [2.24, 2.45) is 0 Å². The minimum absolute atomic E-state index is 0.0620. The first-order chi connectivity index (χ1) is 6.66. The molecule has 0 aromatic rings. The van der Waals surface area contributed by atoms with Gasteiger partial charge in [0, 0.05) is 13.1 Å². The maximum atomic E-state index is 11.4. The fourth-order valence-electron chi connectivity index (χ4n) is 1.30. The first kappa shape index (κ1) is 10.8. The van der Waals surface area contributed by atoms with Crippen LogP contribution < -0.4 is 5.32 Å². The molecule has 6 heteroatoms. The lowest BCUT2D eigenvalue weighted by Gasteiger charge is -2.32. The van der Waals surface area contributed by atoms with E-state index < -0.39 is 12.0 Å². The normalized spacial score (nSPS) is 21.8. The third-order valence-electron chi connectivity index (χ3n) is 2.00. The molecule has 0 bridgehead atoms. The summed E-state index contributed by atoms with van der Waals surface area (Å²) in [5.41, 5.74) is 0. The minimum atomic E-state index is -1.03. The first-order valence-electron chi connectivity index (χ1n) is 4.51. The zero-order chi connectivity index (χ0) is 10.6. The van der Waals surface area contributed by atoms with Crippen LogP contribution in [-0.4, -0.2) is 54.4 Å². The molecule has 1 saturated heterocycles. The smallest absolute Gasteiger partial charge is 0.328 e. The summed E-state index contributed by atoms with van der Waals surface area (Å²) >= 11 is 0. The third kappa shape index (κ3) is 2.35. The summed E-state index contributed by atoms with van der Waals surface area (Å²) in [6.45, 7) is 3.05. The topological polar surface area (TPSA) is 78.9 Å². The highest BCUT2D eigenvalue weighted by Crippen LogP contribution is 2.07. The Kier molecular flexibility index (Phi) is 3.70. The van der Waals surface area contributed by atoms with E-state index in [1.807, 2.05) is 0 Å². The predicted octanol–water partition coefficient (Wildman–Crippen LogP) is -0.499. The highest BCUT2D eigenvalue weighted by atomic mass is 16.5. The Hall–Kier alpha value is -1.30. The van der Waals surface area contributed by atoms with Crippen LogP contribution in [0.25, 0.3) is 0 Å². The Morgan fingerprint density at radius 2 is 2.36 bits per heavy atom. The summed E-state index contributed by atoms with van der Waals surface area (Å²) in [6, 6.07) is -1.21. The lowest BCUT2D eigenvalue weighted by Crippen LogP contribution is -2.55. The van der Waals surface area contributed by atoms with Crippen LogP contribution in [0.5, 0.6) is 0 Å². The molecular weight excluding hydrogens is 188 g/mol. The molecule has 2 amide bonds. The van der Waals surface area contributed by atoms with Crippen molar-refractivity contribution in [2.45, 2.75) is 13.0 Å². The number of amides is 2. The molecule has 80 valence electrons. The molecule has 0 spiro atoms. The van der Waals surface area contributed by atoms with Crippen LogP contribution in [0.1, 0.15) is 6.92 Å². The van der Waals surface area contributed by atoms with Gasteiger partial charge >= 0.3 is 12.0 Å². The monoisotopic (exact) mass is 202 g/mol. The number of carboxylic acids is 1. The van der Waals surface area contributed by atoms with Gasteiger partial charge in [0.15, 0.2) is 6.04 Å². The molecule has 2 N–H and O–H groups in total. The molecule has 0 aliphatic carbocycles. The molecule has 0 saturated carbocycles. The van der Waals surface area contributed by atoms with E-state index in [1.165, 1.54) is 4.90 Å². The van der Waals surface area contributed by atoms with Gasteiger partial charge in [0.2, 0.25) is 0 Å². The second-order valence-corrected chi connectivity index (χ2v) is 2.96. The average Bonchev–Trinajstić information content (AvgIpc) is 2.18. The Balaban J connectivity index is 2.62. The van der Waals surface area contributed by atoms with E-state index in [1.54, 1.807) is 6.92 Å². The fraction of sp³-hybridized carbons (Fsp3) is 0.750. The fourth-order valence-corrected chi connectivity index (χ4v) is 1.30. The lowest BCUT2D eigenvalue weighted by molar-refractivity contribution is -0.147. The van der Waals surface area contributed by atoms with Gasteiger partial charge in [-0.05, 0) is 6.92 Å². The number of aliphatic carboxylic acids is 1. The number of urea groups is 1. The zero-order valence-electron chi connectivity index (χ0n) is 8.02. The number of ether oxygens (including phenoxy) is 1. The Morgan fingerprint density at radius 3 is 2.93 bits per heavy atom. The molecule has 1 heterocycles. The molecule has 0 radical (unpaired) electrons. The van der Waals surface area contributed by atoms with Crippen LogP contribution in [-0.2, 0) is 9.53 Å². The van der Waals surface area contributed by atoms with E-state index in [9.17, 15) is 9.59 Å². The van der Waals surface area contributed by atoms with Crippen molar-refractivity contribution in [1.29, 1.82) is 0 Å². The van der Waals surface area contributed by atoms with Crippen molar-refractivity contribution in [2.75, 3.05) is 26.3 Å². The number of carbonyl (C=O) groups excluding carboxylic acids is 1. The molecule has 0 aromatic heterocycles. The van der Waals surface area contributed by atoms with E-state index in [0.29, 0.717) is 19.7 Å². The summed E-state index contributed by atoms with van der Waals surface area (Å²) in [5, 5.41) is 11.4. The standard InChI is InChI=1S/C8H14N2O4/c1-2-9-8(13)10-3-4-14-5-6(10)7(11)12/h6H,2-5H2,1H3,(H,9,13)(H,11,12). The summed E-state index contributed by atoms with van der Waals surface area (Å²) in [7, 11) is 0. The van der Waals surface area contributed by atoms with Crippen molar-refractivity contribution >= 4 is 12.0 Å². The summed E-state index contributed by atoms with van der Waals surface area (Å²) in [4.78, 5) is 23.5. The Bertz CT molecular complexity index is 231. The summed E-state index contributed by atoms with van der Waals surface area (Å²) < 4.78 is 5.00. The molecular formula is C8H14N2O4. The number of hydrogen-bond acceptors (Lipinski definition) is 3. The maximum absolute atomic E-state index is 11.4. The second kappa shape index (κ2) is 4.80. The van der Waals surface area contributed by atoms with E-state index in [4.69, 9.17) is 9.84 Å². The summed E-state index contributed by atoms with van der Waals surface area (Å²) in [5.74, 6) is -1.03. The molecule has 1 fully saturated rings. The molecule has 1 rings (SSSR count). The number of carbonyl (C=O) groups is 2. The minimum Gasteiger partial charge on any atom is -0.480 e. The van der Waals surface area contributed by atoms with Gasteiger partial charge in [0.25, 0.3) is 0 Å². The van der Waals surface area contributed by atoms with Crippen molar-refractivity contribution in [1.82, 2.24) is 10.2 Å². The number of hydrogen-bond donors (Lipinski definition) is 2. The van der Waals surface area contributed by atoms with Crippen LogP contribution in [0.2, 0.25) is 0 Å². The lowest BCUT2D eigenvalue weighted by atomic mass is 10.2. The Labute approximate surface area is 81.8 Å². The number of nitrogens with one attached hydrogen (secondary N) is 1. The predicted molar refractivity (Wildman–Crippen MR) is 48.0 cm³/mol. The molecule has 0 aromatic carbocycles. The zero-order valence-corrected chi connectivity index (χ0v) is 8.02. The first-order valence-corrected chi connectivity index (χ1v) is 4.51. The van der Waals surface area contributed by atoms with Gasteiger partial charge in [0.1, 0.15) is 0 Å². The van der Waals surface area contributed by atoms with Gasteiger partial charge in [-0.2, -0.15) is 0 Å². The SMILES string of the molecule is CCNC(=O)N1CCOCC1C(=O)O. The Morgan fingerprint density at radius 1 is 1.64 bits per heavy atom. The number of rotatable bonds is 2. The van der Waals surface area contributed by atoms with Crippen LogP contribution in [0.15, 0.2) is 0 Å². The number of morpholine rings is 1. The number of carboxylic acid groups (broad SMARTS) is 1. The van der Waals surface area contributed by atoms with Gasteiger partial charge in [-0.3, -0.25) is 0 Å². The summed E-state index contributed by atoms with van der Waals surface area (Å²) in [6.07, 6.45) is 0. The number of nitrogens with zero attached hydrogens (tertiary/aromatic N) is 1. The van der Waals surface area contributed by atoms with E-state index in [2.05, 4.69) is 5.32 Å². The van der Waals surface area contributed by atoms with Crippen LogP contribution in [0.4, 0.5) is 4.79 Å².